The van der Waals surface area contributed by atoms with Gasteiger partial charge >= 0.3 is 6.09 Å². The van der Waals surface area contributed by atoms with Crippen LogP contribution < -0.4 is 5.32 Å². The number of alkyl carbamates (subject to hydrolysis) is 1. The lowest BCUT2D eigenvalue weighted by atomic mass is 9.96. The lowest BCUT2D eigenvalue weighted by Gasteiger charge is -2.27. The van der Waals surface area contributed by atoms with Crippen LogP contribution in [0.3, 0.4) is 0 Å². The van der Waals surface area contributed by atoms with E-state index < -0.39 is 23.8 Å². The number of halogens is 2. The van der Waals surface area contributed by atoms with Crippen LogP contribution in [0.1, 0.15) is 44.0 Å². The first-order valence-corrected chi connectivity index (χ1v) is 8.60. The summed E-state index contributed by atoms with van der Waals surface area (Å²) in [6.07, 6.45) is -1.62. The van der Waals surface area contributed by atoms with Gasteiger partial charge in [0.1, 0.15) is 11.7 Å². The van der Waals surface area contributed by atoms with Gasteiger partial charge in [0.25, 0.3) is 0 Å². The predicted octanol–water partition coefficient (Wildman–Crippen LogP) is 5.29. The van der Waals surface area contributed by atoms with Crippen molar-refractivity contribution in [2.75, 3.05) is 0 Å². The van der Waals surface area contributed by atoms with Gasteiger partial charge in [-0.1, -0.05) is 47.5 Å². The number of aliphatic hydroxyl groups is 1. The van der Waals surface area contributed by atoms with Gasteiger partial charge in [-0.25, -0.2) is 4.79 Å². The molecule has 0 bridgehead atoms. The van der Waals surface area contributed by atoms with E-state index in [4.69, 9.17) is 27.9 Å². The molecule has 2 atom stereocenters. The maximum absolute atomic E-state index is 12.2. The van der Waals surface area contributed by atoms with Crippen LogP contribution in [0.5, 0.6) is 0 Å². The molecule has 4 nitrogen and oxygen atoms in total. The van der Waals surface area contributed by atoms with E-state index in [9.17, 15) is 9.90 Å². The summed E-state index contributed by atoms with van der Waals surface area (Å²) >= 11 is 11.9. The summed E-state index contributed by atoms with van der Waals surface area (Å²) in [6.45, 7) is 5.33. The minimum Gasteiger partial charge on any atom is -0.444 e. The Labute approximate surface area is 157 Å². The van der Waals surface area contributed by atoms with Crippen molar-refractivity contribution in [1.82, 2.24) is 5.32 Å². The Morgan fingerprint density at radius 3 is 2.24 bits per heavy atom. The Morgan fingerprint density at radius 1 is 1.04 bits per heavy atom. The third kappa shape index (κ3) is 5.92. The van der Waals surface area contributed by atoms with E-state index in [1.54, 1.807) is 69.3 Å². The number of benzene rings is 2. The molecular weight excluding hydrogens is 361 g/mol. The number of amides is 1. The van der Waals surface area contributed by atoms with Crippen molar-refractivity contribution < 1.29 is 14.6 Å². The molecule has 1 amide bonds. The van der Waals surface area contributed by atoms with Crippen molar-refractivity contribution in [3.8, 4) is 0 Å². The Hall–Kier alpha value is -1.75. The smallest absolute Gasteiger partial charge is 0.408 e. The Bertz CT molecular complexity index is 726. The number of ether oxygens (including phenoxy) is 1. The molecule has 0 fully saturated rings. The highest BCUT2D eigenvalue weighted by Gasteiger charge is 2.27. The molecule has 134 valence electrons. The zero-order valence-electron chi connectivity index (χ0n) is 14.3. The molecule has 0 aromatic heterocycles. The average molecular weight is 382 g/mol. The Balaban J connectivity index is 2.31. The standard InChI is InChI=1S/C19H21Cl2NO3/c1-19(2,3)25-18(24)22-16(12-7-9-14(20)10-8-12)17(23)13-5-4-6-15(21)11-13/h4-11,16-17,23H,1-3H3,(H,22,24). The normalized spacial score (nSPS) is 13.8. The number of hydrogen-bond donors (Lipinski definition) is 2. The molecule has 0 aliphatic rings. The SMILES string of the molecule is CC(C)(C)OC(=O)NC(c1ccc(Cl)cc1)C(O)c1cccc(Cl)c1. The van der Waals surface area contributed by atoms with Crippen LogP contribution in [0.15, 0.2) is 48.5 Å². The number of aliphatic hydroxyl groups excluding tert-OH is 1. The molecule has 0 aliphatic carbocycles. The van der Waals surface area contributed by atoms with Gasteiger partial charge < -0.3 is 15.2 Å². The monoisotopic (exact) mass is 381 g/mol. The molecule has 2 aromatic rings. The summed E-state index contributed by atoms with van der Waals surface area (Å²) in [5, 5.41) is 14.6. The van der Waals surface area contributed by atoms with E-state index in [1.165, 1.54) is 0 Å². The summed E-state index contributed by atoms with van der Waals surface area (Å²) < 4.78 is 5.31. The minimum absolute atomic E-state index is 0.503. The molecular formula is C19H21Cl2NO3. The van der Waals surface area contributed by atoms with Gasteiger partial charge in [0, 0.05) is 10.0 Å². The van der Waals surface area contributed by atoms with Crippen molar-refractivity contribution in [1.29, 1.82) is 0 Å². The molecule has 0 heterocycles. The van der Waals surface area contributed by atoms with Crippen molar-refractivity contribution in [3.63, 3.8) is 0 Å². The summed E-state index contributed by atoms with van der Waals surface area (Å²) in [4.78, 5) is 12.2. The fourth-order valence-electron chi connectivity index (χ4n) is 2.33. The van der Waals surface area contributed by atoms with Crippen LogP contribution in [-0.4, -0.2) is 16.8 Å². The number of carbonyl (C=O) groups is 1. The Morgan fingerprint density at radius 2 is 1.68 bits per heavy atom. The van der Waals surface area contributed by atoms with Crippen LogP contribution in [0.2, 0.25) is 10.0 Å². The van der Waals surface area contributed by atoms with E-state index in [-0.39, 0.29) is 0 Å². The average Bonchev–Trinajstić information content (AvgIpc) is 2.51. The van der Waals surface area contributed by atoms with Crippen LogP contribution in [0.4, 0.5) is 4.79 Å². The summed E-state index contributed by atoms with van der Waals surface area (Å²) in [7, 11) is 0. The van der Waals surface area contributed by atoms with Gasteiger partial charge in [-0.15, -0.1) is 0 Å². The van der Waals surface area contributed by atoms with Crippen molar-refractivity contribution in [3.05, 3.63) is 69.7 Å². The van der Waals surface area contributed by atoms with Gasteiger partial charge in [-0.2, -0.15) is 0 Å². The largest absolute Gasteiger partial charge is 0.444 e. The zero-order chi connectivity index (χ0) is 18.6. The molecule has 0 saturated heterocycles. The van der Waals surface area contributed by atoms with Crippen LogP contribution in [-0.2, 0) is 4.74 Å². The summed E-state index contributed by atoms with van der Waals surface area (Å²) in [5.41, 5.74) is 0.640. The molecule has 2 N–H and O–H groups in total. The second kappa shape index (κ2) is 8.09. The first kappa shape index (κ1) is 19.6. The van der Waals surface area contributed by atoms with Crippen molar-refractivity contribution >= 4 is 29.3 Å². The quantitative estimate of drug-likeness (QED) is 0.755. The first-order chi connectivity index (χ1) is 11.7. The van der Waals surface area contributed by atoms with Crippen LogP contribution in [0.25, 0.3) is 0 Å². The highest BCUT2D eigenvalue weighted by Crippen LogP contribution is 2.31. The highest BCUT2D eigenvalue weighted by atomic mass is 35.5. The number of carbonyl (C=O) groups excluding carboxylic acids is 1. The molecule has 25 heavy (non-hydrogen) atoms. The maximum atomic E-state index is 12.2. The molecule has 6 heteroatoms. The van der Waals surface area contributed by atoms with E-state index in [0.29, 0.717) is 21.2 Å². The number of nitrogens with one attached hydrogen (secondary N) is 1. The van der Waals surface area contributed by atoms with Gasteiger partial charge in [-0.3, -0.25) is 0 Å². The molecule has 0 spiro atoms. The summed E-state index contributed by atoms with van der Waals surface area (Å²) in [5.74, 6) is 0. The maximum Gasteiger partial charge on any atom is 0.408 e. The lowest BCUT2D eigenvalue weighted by Crippen LogP contribution is -2.37. The third-order valence-electron chi connectivity index (χ3n) is 3.41. The van der Waals surface area contributed by atoms with Gasteiger partial charge in [-0.05, 0) is 56.2 Å². The van der Waals surface area contributed by atoms with Gasteiger partial charge in [0.2, 0.25) is 0 Å². The van der Waals surface area contributed by atoms with Crippen LogP contribution in [0, 0.1) is 0 Å². The van der Waals surface area contributed by atoms with E-state index in [1.807, 2.05) is 0 Å². The second-order valence-corrected chi connectivity index (χ2v) is 7.55. The highest BCUT2D eigenvalue weighted by molar-refractivity contribution is 6.30. The molecule has 0 aliphatic heterocycles. The number of rotatable bonds is 4. The predicted molar refractivity (Wildman–Crippen MR) is 100.0 cm³/mol. The molecule has 2 aromatic carbocycles. The van der Waals surface area contributed by atoms with E-state index in [2.05, 4.69) is 5.32 Å². The lowest BCUT2D eigenvalue weighted by molar-refractivity contribution is 0.0419. The first-order valence-electron chi connectivity index (χ1n) is 7.84. The molecule has 2 rings (SSSR count). The van der Waals surface area contributed by atoms with Crippen LogP contribution >= 0.6 is 23.2 Å². The fourth-order valence-corrected chi connectivity index (χ4v) is 2.66. The van der Waals surface area contributed by atoms with Crippen molar-refractivity contribution in [2.24, 2.45) is 0 Å². The topological polar surface area (TPSA) is 58.6 Å². The van der Waals surface area contributed by atoms with E-state index >= 15 is 0 Å². The molecule has 0 radical (unpaired) electrons. The zero-order valence-corrected chi connectivity index (χ0v) is 15.8. The fraction of sp³-hybridized carbons (Fsp3) is 0.316. The van der Waals surface area contributed by atoms with Crippen molar-refractivity contribution in [2.45, 2.75) is 38.5 Å². The molecule has 0 saturated carbocycles. The van der Waals surface area contributed by atoms with E-state index in [0.717, 1.165) is 0 Å². The minimum atomic E-state index is -1.01. The summed E-state index contributed by atoms with van der Waals surface area (Å²) in [6, 6.07) is 13.0. The third-order valence-corrected chi connectivity index (χ3v) is 3.89. The molecule has 2 unspecified atom stereocenters. The Kier molecular flexibility index (Phi) is 6.33. The van der Waals surface area contributed by atoms with Gasteiger partial charge in [0.05, 0.1) is 6.04 Å². The van der Waals surface area contributed by atoms with Gasteiger partial charge in [0.15, 0.2) is 0 Å². The second-order valence-electron chi connectivity index (χ2n) is 6.68. The number of hydrogen-bond acceptors (Lipinski definition) is 3.